The largest absolute Gasteiger partial charge is 0.485 e. The number of pyridine rings is 1. The van der Waals surface area contributed by atoms with Crippen molar-refractivity contribution < 1.29 is 14.3 Å². The molecule has 102 valence electrons. The molecule has 1 aliphatic heterocycles. The van der Waals surface area contributed by atoms with Crippen molar-refractivity contribution in [2.75, 3.05) is 11.9 Å². The number of anilines is 1. The number of fused-ring (bicyclic) bond motifs is 1. The van der Waals surface area contributed by atoms with Gasteiger partial charge in [0, 0.05) is 17.6 Å². The molecule has 0 spiro atoms. The van der Waals surface area contributed by atoms with E-state index in [1.807, 2.05) is 25.1 Å². The molecule has 1 amide bonds. The summed E-state index contributed by atoms with van der Waals surface area (Å²) in [6.07, 6.45) is 0.997. The molecule has 1 aliphatic rings. The molecule has 5 heteroatoms. The van der Waals surface area contributed by atoms with Crippen LogP contribution < -0.4 is 14.8 Å². The summed E-state index contributed by atoms with van der Waals surface area (Å²) in [7, 11) is 0. The first kappa shape index (κ1) is 12.5. The number of benzene rings is 1. The molecule has 0 bridgehead atoms. The molecular formula is C15H14N2O3. The summed E-state index contributed by atoms with van der Waals surface area (Å²) in [5.74, 6) is 1.02. The van der Waals surface area contributed by atoms with Gasteiger partial charge in [-0.3, -0.25) is 9.78 Å². The smallest absolute Gasteiger partial charge is 0.269 e. The number of aryl methyl sites for hydroxylation is 1. The molecule has 1 unspecified atom stereocenters. The van der Waals surface area contributed by atoms with E-state index in [9.17, 15) is 4.79 Å². The lowest BCUT2D eigenvalue weighted by Crippen LogP contribution is -2.40. The molecule has 1 aromatic heterocycles. The van der Waals surface area contributed by atoms with Crippen LogP contribution in [0.25, 0.3) is 0 Å². The van der Waals surface area contributed by atoms with Crippen LogP contribution in [-0.2, 0) is 4.79 Å². The van der Waals surface area contributed by atoms with Gasteiger partial charge in [0.05, 0.1) is 0 Å². The van der Waals surface area contributed by atoms with Crippen LogP contribution in [0.5, 0.6) is 11.5 Å². The van der Waals surface area contributed by atoms with E-state index >= 15 is 0 Å². The third-order valence-corrected chi connectivity index (χ3v) is 2.97. The molecule has 2 heterocycles. The van der Waals surface area contributed by atoms with Crippen LogP contribution in [0.1, 0.15) is 5.69 Å². The highest BCUT2D eigenvalue weighted by atomic mass is 16.6. The lowest BCUT2D eigenvalue weighted by atomic mass is 10.2. The lowest BCUT2D eigenvalue weighted by Gasteiger charge is -2.25. The Bertz CT molecular complexity index is 643. The maximum Gasteiger partial charge on any atom is 0.269 e. The summed E-state index contributed by atoms with van der Waals surface area (Å²) in [5.41, 5.74) is 1.54. The summed E-state index contributed by atoms with van der Waals surface area (Å²) in [4.78, 5) is 16.2. The number of carbonyl (C=O) groups is 1. The highest BCUT2D eigenvalue weighted by Crippen LogP contribution is 2.31. The van der Waals surface area contributed by atoms with Gasteiger partial charge in [-0.1, -0.05) is 12.1 Å². The van der Waals surface area contributed by atoms with Crippen molar-refractivity contribution >= 4 is 11.6 Å². The van der Waals surface area contributed by atoms with E-state index in [-0.39, 0.29) is 12.5 Å². The third-order valence-electron chi connectivity index (χ3n) is 2.97. The van der Waals surface area contributed by atoms with Gasteiger partial charge in [0.1, 0.15) is 6.61 Å². The van der Waals surface area contributed by atoms with E-state index in [1.54, 1.807) is 24.4 Å². The number of rotatable bonds is 2. The molecular weight excluding hydrogens is 256 g/mol. The number of nitrogens with one attached hydrogen (secondary N) is 1. The van der Waals surface area contributed by atoms with Gasteiger partial charge in [-0.05, 0) is 31.2 Å². The normalized spacial score (nSPS) is 16.6. The highest BCUT2D eigenvalue weighted by molar-refractivity contribution is 5.94. The number of hydrogen-bond donors (Lipinski definition) is 1. The van der Waals surface area contributed by atoms with E-state index in [0.29, 0.717) is 17.2 Å². The number of ether oxygens (including phenoxy) is 2. The predicted octanol–water partition coefficient (Wildman–Crippen LogP) is 2.17. The van der Waals surface area contributed by atoms with Gasteiger partial charge in [-0.2, -0.15) is 0 Å². The SMILES string of the molecule is Cc1cc(NC(=O)C2COc3ccccc3O2)ccn1. The van der Waals surface area contributed by atoms with Crippen molar-refractivity contribution in [1.82, 2.24) is 4.98 Å². The number of hydrogen-bond acceptors (Lipinski definition) is 4. The number of aromatic nitrogens is 1. The molecule has 2 aromatic rings. The summed E-state index contributed by atoms with van der Waals surface area (Å²) < 4.78 is 11.2. The Morgan fingerprint density at radius 1 is 1.30 bits per heavy atom. The molecule has 20 heavy (non-hydrogen) atoms. The van der Waals surface area contributed by atoms with Gasteiger partial charge in [0.25, 0.3) is 5.91 Å². The van der Waals surface area contributed by atoms with Crippen LogP contribution in [0, 0.1) is 6.92 Å². The average Bonchev–Trinajstić information content (AvgIpc) is 2.47. The molecule has 0 fully saturated rings. The van der Waals surface area contributed by atoms with Crippen molar-refractivity contribution in [2.24, 2.45) is 0 Å². The zero-order valence-corrected chi connectivity index (χ0v) is 11.0. The third kappa shape index (κ3) is 2.56. The van der Waals surface area contributed by atoms with Crippen LogP contribution in [0.2, 0.25) is 0 Å². The predicted molar refractivity (Wildman–Crippen MR) is 74.0 cm³/mol. The molecule has 0 radical (unpaired) electrons. The first-order valence-corrected chi connectivity index (χ1v) is 6.34. The molecule has 1 atom stereocenters. The van der Waals surface area contributed by atoms with Gasteiger partial charge in [-0.15, -0.1) is 0 Å². The van der Waals surface area contributed by atoms with Crippen LogP contribution in [0.3, 0.4) is 0 Å². The summed E-state index contributed by atoms with van der Waals surface area (Å²) in [6, 6.07) is 10.8. The zero-order chi connectivity index (χ0) is 13.9. The Kier molecular flexibility index (Phi) is 3.25. The fraction of sp³-hybridized carbons (Fsp3) is 0.200. The fourth-order valence-corrected chi connectivity index (χ4v) is 1.99. The van der Waals surface area contributed by atoms with E-state index in [0.717, 1.165) is 5.69 Å². The van der Waals surface area contributed by atoms with E-state index < -0.39 is 6.10 Å². The van der Waals surface area contributed by atoms with E-state index in [4.69, 9.17) is 9.47 Å². The Hall–Kier alpha value is -2.56. The summed E-state index contributed by atoms with van der Waals surface area (Å²) >= 11 is 0. The van der Waals surface area contributed by atoms with Crippen molar-refractivity contribution in [1.29, 1.82) is 0 Å². The first-order valence-electron chi connectivity index (χ1n) is 6.34. The Balaban J connectivity index is 1.70. The minimum absolute atomic E-state index is 0.201. The lowest BCUT2D eigenvalue weighted by molar-refractivity contribution is -0.125. The molecule has 0 saturated heterocycles. The van der Waals surface area contributed by atoms with Crippen LogP contribution in [0.4, 0.5) is 5.69 Å². The second-order valence-corrected chi connectivity index (χ2v) is 4.54. The topological polar surface area (TPSA) is 60.5 Å². The maximum absolute atomic E-state index is 12.2. The first-order chi connectivity index (χ1) is 9.72. The van der Waals surface area contributed by atoms with Crippen LogP contribution in [-0.4, -0.2) is 23.6 Å². The maximum atomic E-state index is 12.2. The van der Waals surface area contributed by atoms with Crippen molar-refractivity contribution in [3.8, 4) is 11.5 Å². The number of amides is 1. The summed E-state index contributed by atoms with van der Waals surface area (Å²) in [5, 5.41) is 2.80. The van der Waals surface area contributed by atoms with Gasteiger partial charge in [-0.25, -0.2) is 0 Å². The zero-order valence-electron chi connectivity index (χ0n) is 11.0. The standard InChI is InChI=1S/C15H14N2O3/c1-10-8-11(6-7-16-10)17-15(18)14-9-19-12-4-2-3-5-13(12)20-14/h2-8,14H,9H2,1H3,(H,16,17,18). The molecule has 0 saturated carbocycles. The quantitative estimate of drug-likeness (QED) is 0.908. The molecule has 0 aliphatic carbocycles. The monoisotopic (exact) mass is 270 g/mol. The van der Waals surface area contributed by atoms with Gasteiger partial charge in [0.2, 0.25) is 6.10 Å². The minimum atomic E-state index is -0.654. The molecule has 5 nitrogen and oxygen atoms in total. The second kappa shape index (κ2) is 5.21. The Morgan fingerprint density at radius 3 is 2.90 bits per heavy atom. The van der Waals surface area contributed by atoms with Crippen LogP contribution >= 0.6 is 0 Å². The molecule has 1 aromatic carbocycles. The van der Waals surface area contributed by atoms with Crippen molar-refractivity contribution in [3.63, 3.8) is 0 Å². The van der Waals surface area contributed by atoms with Gasteiger partial charge >= 0.3 is 0 Å². The van der Waals surface area contributed by atoms with Crippen LogP contribution in [0.15, 0.2) is 42.6 Å². The fourth-order valence-electron chi connectivity index (χ4n) is 1.99. The summed E-state index contributed by atoms with van der Waals surface area (Å²) in [6.45, 7) is 2.07. The Labute approximate surface area is 116 Å². The number of nitrogens with zero attached hydrogens (tertiary/aromatic N) is 1. The van der Waals surface area contributed by atoms with Crippen molar-refractivity contribution in [3.05, 3.63) is 48.3 Å². The molecule has 3 rings (SSSR count). The second-order valence-electron chi connectivity index (χ2n) is 4.54. The molecule has 1 N–H and O–H groups in total. The van der Waals surface area contributed by atoms with Gasteiger partial charge < -0.3 is 14.8 Å². The van der Waals surface area contributed by atoms with Gasteiger partial charge in [0.15, 0.2) is 11.5 Å². The average molecular weight is 270 g/mol. The van der Waals surface area contributed by atoms with E-state index in [2.05, 4.69) is 10.3 Å². The Morgan fingerprint density at radius 2 is 2.10 bits per heavy atom. The number of carbonyl (C=O) groups excluding carboxylic acids is 1. The van der Waals surface area contributed by atoms with Crippen molar-refractivity contribution in [2.45, 2.75) is 13.0 Å². The highest BCUT2D eigenvalue weighted by Gasteiger charge is 2.27. The number of para-hydroxylation sites is 2. The minimum Gasteiger partial charge on any atom is -0.485 e. The van der Waals surface area contributed by atoms with E-state index in [1.165, 1.54) is 0 Å².